The molecule has 1 saturated heterocycles. The number of fused-ring (bicyclic) bond motifs is 1. The van der Waals surface area contributed by atoms with Crippen LogP contribution in [0.1, 0.15) is 60.9 Å². The molecule has 0 aliphatic carbocycles. The smallest absolute Gasteiger partial charge is 0.309 e. The van der Waals surface area contributed by atoms with Crippen LogP contribution in [0.25, 0.3) is 0 Å². The monoisotopic (exact) mass is 540 g/mol. The Kier molecular flexibility index (Phi) is 8.27. The summed E-state index contributed by atoms with van der Waals surface area (Å²) in [5.74, 6) is -0.689. The van der Waals surface area contributed by atoms with E-state index in [1.54, 1.807) is 0 Å². The Morgan fingerprint density at radius 3 is 2.52 bits per heavy atom. The van der Waals surface area contributed by atoms with Crippen LogP contribution < -0.4 is 9.64 Å². The number of anilines is 1. The fourth-order valence-electron chi connectivity index (χ4n) is 6.51. The average molecular weight is 541 g/mol. The first kappa shape index (κ1) is 27.9. The summed E-state index contributed by atoms with van der Waals surface area (Å²) < 4.78 is 5.79. The first-order valence-corrected chi connectivity index (χ1v) is 14.6. The second-order valence-electron chi connectivity index (χ2n) is 11.1. The third kappa shape index (κ3) is 5.13. The van der Waals surface area contributed by atoms with E-state index in [9.17, 15) is 14.7 Å². The van der Waals surface area contributed by atoms with Gasteiger partial charge in [0, 0.05) is 25.2 Å². The van der Waals surface area contributed by atoms with Crippen molar-refractivity contribution in [3.05, 3.63) is 94.5 Å². The van der Waals surface area contributed by atoms with Crippen molar-refractivity contribution in [2.75, 3.05) is 31.1 Å². The molecule has 2 heterocycles. The van der Waals surface area contributed by atoms with Crippen molar-refractivity contribution < 1.29 is 19.4 Å². The molecule has 3 aromatic rings. The zero-order valence-corrected chi connectivity index (χ0v) is 23.9. The number of nitrogens with zero attached hydrogens (tertiary/aromatic N) is 2. The van der Waals surface area contributed by atoms with Crippen LogP contribution in [-0.2, 0) is 28.0 Å². The predicted octanol–water partition coefficient (Wildman–Crippen LogP) is 5.98. The van der Waals surface area contributed by atoms with Crippen LogP contribution in [-0.4, -0.2) is 48.1 Å². The highest BCUT2D eigenvalue weighted by atomic mass is 16.5. The number of benzene rings is 3. The number of carboxylic acids is 1. The second kappa shape index (κ2) is 11.8. The molecule has 40 heavy (non-hydrogen) atoms. The number of hydrogen-bond donors (Lipinski definition) is 1. The molecule has 5 rings (SSSR count). The van der Waals surface area contributed by atoms with Gasteiger partial charge in [-0.15, -0.1) is 0 Å². The van der Waals surface area contributed by atoms with Gasteiger partial charge in [0.15, 0.2) is 0 Å². The molecule has 0 bridgehead atoms. The molecule has 0 aromatic heterocycles. The van der Waals surface area contributed by atoms with Gasteiger partial charge >= 0.3 is 5.97 Å². The van der Waals surface area contributed by atoms with Crippen LogP contribution in [0.15, 0.2) is 66.7 Å². The van der Waals surface area contributed by atoms with E-state index in [0.717, 1.165) is 59.4 Å². The molecule has 2 aliphatic rings. The lowest BCUT2D eigenvalue weighted by atomic mass is 9.72. The summed E-state index contributed by atoms with van der Waals surface area (Å²) in [7, 11) is 0. The summed E-state index contributed by atoms with van der Waals surface area (Å²) in [5.41, 5.74) is 5.12. The fraction of sp³-hybridized carbons (Fsp3) is 0.412. The van der Waals surface area contributed by atoms with E-state index in [4.69, 9.17) is 4.74 Å². The normalized spacial score (nSPS) is 20.2. The van der Waals surface area contributed by atoms with Gasteiger partial charge in [-0.05, 0) is 78.3 Å². The van der Waals surface area contributed by atoms with E-state index in [1.807, 2.05) is 42.2 Å². The zero-order valence-electron chi connectivity index (χ0n) is 23.9. The van der Waals surface area contributed by atoms with E-state index in [-0.39, 0.29) is 12.5 Å². The lowest BCUT2D eigenvalue weighted by molar-refractivity contribution is -0.144. The van der Waals surface area contributed by atoms with Crippen LogP contribution in [0.4, 0.5) is 5.69 Å². The Hall–Kier alpha value is -3.64. The van der Waals surface area contributed by atoms with Crippen LogP contribution in [0.2, 0.25) is 0 Å². The van der Waals surface area contributed by atoms with Crippen molar-refractivity contribution in [2.24, 2.45) is 5.92 Å². The summed E-state index contributed by atoms with van der Waals surface area (Å²) in [6, 6.07) is 22.5. The van der Waals surface area contributed by atoms with Gasteiger partial charge in [0.1, 0.15) is 5.75 Å². The largest absolute Gasteiger partial charge is 0.493 e. The molecule has 210 valence electrons. The Morgan fingerprint density at radius 1 is 1.05 bits per heavy atom. The number of aliphatic carboxylic acids is 1. The molecular formula is C34H40N2O4. The van der Waals surface area contributed by atoms with Crippen LogP contribution >= 0.6 is 0 Å². The van der Waals surface area contributed by atoms with Gasteiger partial charge in [-0.1, -0.05) is 62.7 Å². The van der Waals surface area contributed by atoms with Crippen molar-refractivity contribution in [2.45, 2.75) is 58.4 Å². The third-order valence-corrected chi connectivity index (χ3v) is 8.60. The highest BCUT2D eigenvalue weighted by Crippen LogP contribution is 2.50. The SMILES string of the molecule is CCCCN(C(=O)CN1CCC(C(=O)O)C1(c1ccc(CC)cc1)c1ccc2c(c1)CCO2)c1cccc(C)c1. The van der Waals surface area contributed by atoms with Crippen molar-refractivity contribution >= 4 is 17.6 Å². The molecule has 6 heteroatoms. The molecule has 0 spiro atoms. The lowest BCUT2D eigenvalue weighted by Gasteiger charge is -2.43. The van der Waals surface area contributed by atoms with E-state index in [1.165, 1.54) is 5.56 Å². The first-order valence-electron chi connectivity index (χ1n) is 14.6. The number of carboxylic acid groups (broad SMARTS) is 1. The van der Waals surface area contributed by atoms with E-state index >= 15 is 0 Å². The van der Waals surface area contributed by atoms with Gasteiger partial charge in [0.05, 0.1) is 24.6 Å². The molecule has 2 aliphatic heterocycles. The minimum Gasteiger partial charge on any atom is -0.493 e. The summed E-state index contributed by atoms with van der Waals surface area (Å²) >= 11 is 0. The number of likely N-dealkylation sites (tertiary alicyclic amines) is 1. The molecule has 2 unspecified atom stereocenters. The topological polar surface area (TPSA) is 70.1 Å². The second-order valence-corrected chi connectivity index (χ2v) is 11.1. The molecule has 1 N–H and O–H groups in total. The number of unbranched alkanes of at least 4 members (excludes halogenated alkanes) is 1. The number of rotatable bonds is 10. The standard InChI is InChI=1S/C34H40N2O4/c1-4-6-18-36(29-9-7-8-24(3)21-29)32(37)23-35-19-16-30(33(38)39)34(35,27-12-10-25(5-2)11-13-27)28-14-15-31-26(22-28)17-20-40-31/h7-15,21-22,30H,4-6,16-20,23H2,1-3H3,(H,38,39). The molecule has 3 aromatic carbocycles. The minimum absolute atomic E-state index is 0.0101. The Labute approximate surface area is 237 Å². The highest BCUT2D eigenvalue weighted by Gasteiger charge is 2.55. The fourth-order valence-corrected chi connectivity index (χ4v) is 6.51. The summed E-state index contributed by atoms with van der Waals surface area (Å²) in [5, 5.41) is 10.6. The first-order chi connectivity index (χ1) is 19.4. The minimum atomic E-state index is -0.978. The molecule has 0 saturated carbocycles. The van der Waals surface area contributed by atoms with Gasteiger partial charge in [0.25, 0.3) is 0 Å². The van der Waals surface area contributed by atoms with E-state index in [2.05, 4.69) is 55.1 Å². The molecule has 2 atom stereocenters. The van der Waals surface area contributed by atoms with Crippen molar-refractivity contribution in [3.8, 4) is 5.75 Å². The van der Waals surface area contributed by atoms with E-state index in [0.29, 0.717) is 26.1 Å². The number of hydrogen-bond acceptors (Lipinski definition) is 4. The van der Waals surface area contributed by atoms with Crippen molar-refractivity contribution in [1.82, 2.24) is 4.90 Å². The lowest BCUT2D eigenvalue weighted by Crippen LogP contribution is -2.52. The molecule has 1 amide bonds. The maximum absolute atomic E-state index is 14.1. The molecular weight excluding hydrogens is 500 g/mol. The quantitative estimate of drug-likeness (QED) is 0.343. The Balaban J connectivity index is 1.62. The summed E-state index contributed by atoms with van der Waals surface area (Å²) in [6.07, 6.45) is 4.03. The summed E-state index contributed by atoms with van der Waals surface area (Å²) in [6.45, 7) is 8.17. The molecule has 0 radical (unpaired) electrons. The molecule has 6 nitrogen and oxygen atoms in total. The Morgan fingerprint density at radius 2 is 1.82 bits per heavy atom. The van der Waals surface area contributed by atoms with Gasteiger partial charge in [-0.3, -0.25) is 14.5 Å². The zero-order chi connectivity index (χ0) is 28.3. The summed E-state index contributed by atoms with van der Waals surface area (Å²) in [4.78, 5) is 31.1. The maximum Gasteiger partial charge on any atom is 0.309 e. The van der Waals surface area contributed by atoms with Gasteiger partial charge in [0.2, 0.25) is 5.91 Å². The maximum atomic E-state index is 14.1. The van der Waals surface area contributed by atoms with Crippen LogP contribution in [0.5, 0.6) is 5.75 Å². The van der Waals surface area contributed by atoms with Crippen LogP contribution in [0, 0.1) is 12.8 Å². The highest BCUT2D eigenvalue weighted by molar-refractivity contribution is 5.95. The Bertz CT molecular complexity index is 1370. The predicted molar refractivity (Wildman–Crippen MR) is 158 cm³/mol. The van der Waals surface area contributed by atoms with Gasteiger partial charge in [-0.2, -0.15) is 0 Å². The van der Waals surface area contributed by atoms with Crippen molar-refractivity contribution in [3.63, 3.8) is 0 Å². The number of carbonyl (C=O) groups is 2. The number of ether oxygens (including phenoxy) is 1. The van der Waals surface area contributed by atoms with E-state index < -0.39 is 17.4 Å². The van der Waals surface area contributed by atoms with Gasteiger partial charge < -0.3 is 14.7 Å². The van der Waals surface area contributed by atoms with Gasteiger partial charge in [-0.25, -0.2) is 0 Å². The van der Waals surface area contributed by atoms with Crippen molar-refractivity contribution in [1.29, 1.82) is 0 Å². The number of aryl methyl sites for hydroxylation is 2. The molecule has 1 fully saturated rings. The number of carbonyl (C=O) groups excluding carboxylic acids is 1. The van der Waals surface area contributed by atoms with Crippen LogP contribution in [0.3, 0.4) is 0 Å². The number of amides is 1. The third-order valence-electron chi connectivity index (χ3n) is 8.60. The average Bonchev–Trinajstić information content (AvgIpc) is 3.58.